The van der Waals surface area contributed by atoms with E-state index >= 15 is 0 Å². The summed E-state index contributed by atoms with van der Waals surface area (Å²) >= 11 is 11.6. The minimum absolute atomic E-state index is 0.0467. The van der Waals surface area contributed by atoms with Crippen LogP contribution in [-0.4, -0.2) is 55.6 Å². The first-order valence-electron chi connectivity index (χ1n) is 37.5. The Hall–Kier alpha value is -10.2. The quantitative estimate of drug-likeness (QED) is 0.0203. The molecule has 5 N–H and O–H groups in total. The number of nitrogens with zero attached hydrogens (tertiary/aromatic N) is 5. The van der Waals surface area contributed by atoms with Gasteiger partial charge >= 0.3 is 0 Å². The SMILES string of the molecule is CCC(=O)N(O)c1c(Br)cccc1COc1ccc(C)cc1C.CCC(=O)N(O)c1c(C)cccc1COc1ccc(C)cc1C.CCC(=O)N(O)c1c(Cl)cccc1COc1ccc(C)cc1C.CCC(=O)N(O)c1c(F)cccc1COc1ccc(C)cc1C.CCC(=O)N(O)c1c(I)cccc1COc1ccc(C)cc1C. The van der Waals surface area contributed by atoms with Gasteiger partial charge in [-0.2, -0.15) is 25.3 Å². The maximum absolute atomic E-state index is 14.0. The molecule has 115 heavy (non-hydrogen) atoms. The summed E-state index contributed by atoms with van der Waals surface area (Å²) in [5.74, 6) is 1.09. The first-order valence-corrected chi connectivity index (χ1v) is 39.7. The second kappa shape index (κ2) is 45.8. The van der Waals surface area contributed by atoms with Gasteiger partial charge in [0.15, 0.2) is 0 Å². The molecule has 0 aromatic heterocycles. The van der Waals surface area contributed by atoms with Crippen molar-refractivity contribution in [3.8, 4) is 28.7 Å². The molecule has 610 valence electrons. The van der Waals surface area contributed by atoms with Crippen LogP contribution < -0.4 is 49.0 Å². The van der Waals surface area contributed by atoms with Crippen molar-refractivity contribution in [2.24, 2.45) is 0 Å². The van der Waals surface area contributed by atoms with Gasteiger partial charge in [0.2, 0.25) is 23.6 Å². The molecule has 0 heterocycles. The number of anilines is 5. The van der Waals surface area contributed by atoms with E-state index < -0.39 is 17.6 Å². The summed E-state index contributed by atoms with van der Waals surface area (Å²) in [6.07, 6.45) is 0.942. The number of amides is 5. The minimum atomic E-state index is -0.670. The second-order valence-corrected chi connectivity index (χ2v) is 29.6. The number of aryl methyl sites for hydroxylation is 11. The van der Waals surface area contributed by atoms with Crippen molar-refractivity contribution < 1.29 is 78.1 Å². The number of ether oxygens (including phenoxy) is 5. The zero-order chi connectivity index (χ0) is 84.9. The highest BCUT2D eigenvalue weighted by Gasteiger charge is 2.25. The Morgan fingerprint density at radius 1 is 0.330 bits per heavy atom. The molecule has 0 saturated carbocycles. The van der Waals surface area contributed by atoms with Crippen LogP contribution in [0.15, 0.2) is 186 Å². The van der Waals surface area contributed by atoms with Crippen LogP contribution in [0.4, 0.5) is 32.8 Å². The lowest BCUT2D eigenvalue weighted by Gasteiger charge is -2.21. The average molecular weight is 1770 g/mol. The van der Waals surface area contributed by atoms with E-state index in [0.29, 0.717) is 58.6 Å². The van der Waals surface area contributed by atoms with Crippen LogP contribution in [0.1, 0.15) is 156 Å². The maximum Gasteiger partial charge on any atom is 0.250 e. The van der Waals surface area contributed by atoms with E-state index in [0.717, 1.165) is 97.9 Å². The van der Waals surface area contributed by atoms with Gasteiger partial charge in [-0.25, -0.2) is 4.39 Å². The lowest BCUT2D eigenvalue weighted by Crippen LogP contribution is -2.28. The van der Waals surface area contributed by atoms with E-state index in [9.17, 15) is 54.4 Å². The molecule has 0 spiro atoms. The molecule has 0 fully saturated rings. The number of hydroxylamine groups is 5. The lowest BCUT2D eigenvalue weighted by molar-refractivity contribution is -0.124. The van der Waals surface area contributed by atoms with Gasteiger partial charge in [-0.1, -0.05) is 201 Å². The summed E-state index contributed by atoms with van der Waals surface area (Å²) in [6.45, 7) is 31.3. The van der Waals surface area contributed by atoms with Gasteiger partial charge in [-0.05, 0) is 203 Å². The molecule has 0 bridgehead atoms. The topological polar surface area (TPSA) is 249 Å². The lowest BCUT2D eigenvalue weighted by atomic mass is 10.1. The van der Waals surface area contributed by atoms with Crippen molar-refractivity contribution >= 4 is 108 Å². The van der Waals surface area contributed by atoms with Crippen LogP contribution in [0.25, 0.3) is 0 Å². The van der Waals surface area contributed by atoms with E-state index in [-0.39, 0.29) is 94.2 Å². The fourth-order valence-corrected chi connectivity index (χ4v) is 13.4. The van der Waals surface area contributed by atoms with Crippen LogP contribution in [-0.2, 0) is 57.0 Å². The Morgan fingerprint density at radius 3 is 0.922 bits per heavy atom. The molecule has 10 aromatic carbocycles. The van der Waals surface area contributed by atoms with Crippen molar-refractivity contribution in [1.29, 1.82) is 0 Å². The molecule has 24 heteroatoms. The number of carbonyl (C=O) groups is 5. The molecule has 0 unspecified atom stereocenters. The van der Waals surface area contributed by atoms with Gasteiger partial charge in [0, 0.05) is 68.0 Å². The maximum atomic E-state index is 14.0. The number of rotatable bonds is 25. The Labute approximate surface area is 701 Å². The van der Waals surface area contributed by atoms with E-state index in [1.165, 1.54) is 28.8 Å². The molecule has 0 saturated heterocycles. The average Bonchev–Trinajstić information content (AvgIpc) is 0.832. The predicted molar refractivity (Wildman–Crippen MR) is 461 cm³/mol. The molecule has 0 radical (unpaired) electrons. The standard InChI is InChI=1S/C19H23NO3.C18H20BrNO3.C18H20ClNO3.C18H20FNO3.C18H20INO3/c1-5-18(21)20(22)19-14(3)7-6-8-16(19)12-23-17-10-9-13(2)11-15(17)4;4*1-4-17(21)20(22)18-14(6-5-7-15(18)19)11-23-16-9-8-12(2)10-13(16)3/h6-11,22H,5,12H2,1-4H3;4*5-10,22H,4,11H2,1-3H3. The third-order valence-corrected chi connectivity index (χ3v) is 19.7. The summed E-state index contributed by atoms with van der Waals surface area (Å²) in [5, 5.41) is 53.9. The fraction of sp³-hybridized carbons (Fsp3) is 0.286. The Balaban J connectivity index is 0.000000224. The highest BCUT2D eigenvalue weighted by molar-refractivity contribution is 14.1. The van der Waals surface area contributed by atoms with E-state index in [1.807, 2.05) is 197 Å². The van der Waals surface area contributed by atoms with Crippen molar-refractivity contribution in [3.05, 3.63) is 290 Å². The van der Waals surface area contributed by atoms with Gasteiger partial charge < -0.3 is 23.7 Å². The third-order valence-electron chi connectivity index (χ3n) is 17.9. The molecule has 0 atom stereocenters. The Kier molecular flexibility index (Phi) is 37.3. The van der Waals surface area contributed by atoms with Crippen molar-refractivity contribution in [3.63, 3.8) is 0 Å². The highest BCUT2D eigenvalue weighted by Crippen LogP contribution is 2.36. The molecule has 5 amide bonds. The Bertz CT molecular complexity index is 4290. The molecule has 10 rings (SSSR count). The zero-order valence-electron chi connectivity index (χ0n) is 68.0. The normalized spacial score (nSPS) is 10.5. The summed E-state index contributed by atoms with van der Waals surface area (Å²) < 4.78 is 44.7. The van der Waals surface area contributed by atoms with Gasteiger partial charge in [-0.3, -0.25) is 50.0 Å². The van der Waals surface area contributed by atoms with Crippen LogP contribution in [0.3, 0.4) is 0 Å². The third kappa shape index (κ3) is 26.9. The summed E-state index contributed by atoms with van der Waals surface area (Å²) in [7, 11) is 0. The Morgan fingerprint density at radius 2 is 0.583 bits per heavy atom. The largest absolute Gasteiger partial charge is 0.489 e. The smallest absolute Gasteiger partial charge is 0.250 e. The highest BCUT2D eigenvalue weighted by atomic mass is 127. The zero-order valence-corrected chi connectivity index (χ0v) is 72.5. The van der Waals surface area contributed by atoms with E-state index in [4.69, 9.17) is 35.3 Å². The van der Waals surface area contributed by atoms with Gasteiger partial charge in [0.1, 0.15) is 73.3 Å². The van der Waals surface area contributed by atoms with E-state index in [1.54, 1.807) is 65.0 Å². The van der Waals surface area contributed by atoms with Crippen LogP contribution in [0, 0.1) is 85.5 Å². The number of carbonyl (C=O) groups excluding carboxylic acids is 5. The second-order valence-electron chi connectivity index (χ2n) is 27.2. The predicted octanol–water partition coefficient (Wildman–Crippen LogP) is 22.5. The first kappa shape index (κ1) is 93.6. The van der Waals surface area contributed by atoms with Crippen molar-refractivity contribution in [2.75, 3.05) is 25.3 Å². The number of hydrogen-bond acceptors (Lipinski definition) is 15. The number of hydrogen-bond donors (Lipinski definition) is 5. The molecule has 0 aliphatic heterocycles. The molecular formula is C91H103BrClFIN5O15. The van der Waals surface area contributed by atoms with Crippen LogP contribution in [0.5, 0.6) is 28.7 Å². The molecule has 0 aliphatic carbocycles. The molecule has 10 aromatic rings. The van der Waals surface area contributed by atoms with Crippen LogP contribution >= 0.6 is 50.1 Å². The number of halogens is 4. The first-order chi connectivity index (χ1) is 54.7. The minimum Gasteiger partial charge on any atom is -0.489 e. The molecule has 0 aliphatic rings. The van der Waals surface area contributed by atoms with Crippen LogP contribution in [0.2, 0.25) is 5.02 Å². The van der Waals surface area contributed by atoms with Gasteiger partial charge in [0.05, 0.1) is 27.8 Å². The monoisotopic (exact) mass is 1770 g/mol. The summed E-state index contributed by atoms with van der Waals surface area (Å²) in [6, 6.07) is 55.8. The van der Waals surface area contributed by atoms with Crippen molar-refractivity contribution in [1.82, 2.24) is 0 Å². The summed E-state index contributed by atoms with van der Waals surface area (Å²) in [5.41, 5.74) is 16.6. The van der Waals surface area contributed by atoms with E-state index in [2.05, 4.69) is 56.7 Å². The summed E-state index contributed by atoms with van der Waals surface area (Å²) in [4.78, 5) is 58.8. The number of benzene rings is 10. The van der Waals surface area contributed by atoms with Gasteiger partial charge in [-0.15, -0.1) is 0 Å². The number of para-hydroxylation sites is 5. The molecule has 20 nitrogen and oxygen atoms in total. The van der Waals surface area contributed by atoms with Crippen molar-refractivity contribution in [2.45, 2.75) is 176 Å². The fourth-order valence-electron chi connectivity index (χ4n) is 11.8. The molecular weight excluding hydrogens is 1660 g/mol. The van der Waals surface area contributed by atoms with Gasteiger partial charge in [0.25, 0.3) is 5.91 Å².